The maximum atomic E-state index is 12.9. The number of aromatic nitrogens is 2. The van der Waals surface area contributed by atoms with Crippen LogP contribution >= 0.6 is 0 Å². The highest BCUT2D eigenvalue weighted by Gasteiger charge is 2.31. The van der Waals surface area contributed by atoms with Gasteiger partial charge in [-0.2, -0.15) is 4.31 Å². The normalized spacial score (nSPS) is 16.1. The van der Waals surface area contributed by atoms with Gasteiger partial charge in [-0.1, -0.05) is 18.2 Å². The van der Waals surface area contributed by atoms with Crippen LogP contribution in [0.3, 0.4) is 0 Å². The molecule has 158 valence electrons. The molecule has 1 aliphatic rings. The number of nitrogens with zero attached hydrogens (tertiary/aromatic N) is 4. The number of sulfonamides is 1. The molecule has 0 bridgehead atoms. The first-order chi connectivity index (χ1) is 14.3. The van der Waals surface area contributed by atoms with Crippen molar-refractivity contribution in [2.45, 2.75) is 30.7 Å². The van der Waals surface area contributed by atoms with Crippen molar-refractivity contribution < 1.29 is 13.2 Å². The quantitative estimate of drug-likeness (QED) is 0.643. The van der Waals surface area contributed by atoms with E-state index in [9.17, 15) is 13.2 Å². The fraction of sp³-hybridized carbons (Fsp3) is 0.364. The van der Waals surface area contributed by atoms with Gasteiger partial charge in [0, 0.05) is 38.8 Å². The molecule has 2 heterocycles. The van der Waals surface area contributed by atoms with Crippen molar-refractivity contribution in [3.05, 3.63) is 59.9 Å². The molecule has 0 saturated carbocycles. The van der Waals surface area contributed by atoms with Crippen LogP contribution < -0.4 is 0 Å². The zero-order valence-corrected chi connectivity index (χ0v) is 18.3. The second-order valence-electron chi connectivity index (χ2n) is 7.88. The van der Waals surface area contributed by atoms with E-state index in [0.29, 0.717) is 23.5 Å². The molecule has 3 aromatic rings. The van der Waals surface area contributed by atoms with E-state index < -0.39 is 10.0 Å². The Kier molecular flexibility index (Phi) is 5.38. The Balaban J connectivity index is 1.56. The van der Waals surface area contributed by atoms with Gasteiger partial charge in [-0.25, -0.2) is 13.4 Å². The first-order valence-corrected chi connectivity index (χ1v) is 11.5. The molecule has 0 N–H and O–H groups in total. The van der Waals surface area contributed by atoms with E-state index >= 15 is 0 Å². The van der Waals surface area contributed by atoms with Crippen molar-refractivity contribution in [1.82, 2.24) is 18.8 Å². The molecule has 0 unspecified atom stereocenters. The highest BCUT2D eigenvalue weighted by atomic mass is 32.2. The minimum Gasteiger partial charge on any atom is -0.345 e. The molecule has 1 aromatic heterocycles. The molecule has 30 heavy (non-hydrogen) atoms. The lowest BCUT2D eigenvalue weighted by Crippen LogP contribution is -2.39. The molecule has 8 heteroatoms. The highest BCUT2D eigenvalue weighted by Crippen LogP contribution is 2.31. The lowest BCUT2D eigenvalue weighted by molar-refractivity contribution is 0.0827. The first-order valence-electron chi connectivity index (χ1n) is 10.0. The number of fused-ring (bicyclic) bond motifs is 1. The van der Waals surface area contributed by atoms with Gasteiger partial charge < -0.3 is 9.47 Å². The second-order valence-corrected chi connectivity index (χ2v) is 9.82. The van der Waals surface area contributed by atoms with Gasteiger partial charge in [-0.3, -0.25) is 4.79 Å². The van der Waals surface area contributed by atoms with E-state index in [1.807, 2.05) is 31.2 Å². The van der Waals surface area contributed by atoms with E-state index in [1.54, 1.807) is 47.6 Å². The number of hydrogen-bond acceptors (Lipinski definition) is 4. The average molecular weight is 427 g/mol. The van der Waals surface area contributed by atoms with Gasteiger partial charge in [0.2, 0.25) is 10.0 Å². The molecule has 1 fully saturated rings. The van der Waals surface area contributed by atoms with Gasteiger partial charge in [0.15, 0.2) is 0 Å². The Hall–Kier alpha value is -2.71. The van der Waals surface area contributed by atoms with Gasteiger partial charge in [0.05, 0.1) is 15.9 Å². The molecule has 0 atom stereocenters. The summed E-state index contributed by atoms with van der Waals surface area (Å²) in [7, 11) is -0.00427. The number of carbonyl (C=O) groups is 1. The predicted molar refractivity (Wildman–Crippen MR) is 116 cm³/mol. The summed E-state index contributed by atoms with van der Waals surface area (Å²) < 4.78 is 29.5. The molecule has 1 aliphatic heterocycles. The summed E-state index contributed by atoms with van der Waals surface area (Å²) in [5, 5.41) is 0. The third-order valence-corrected chi connectivity index (χ3v) is 7.60. The number of aryl methyl sites for hydroxylation is 1. The first kappa shape index (κ1) is 20.6. The summed E-state index contributed by atoms with van der Waals surface area (Å²) in [5.41, 5.74) is 2.38. The standard InChI is InChI=1S/C22H26N4O3S/c1-16-23-20-15-17(22(27)24(2)3)9-10-21(20)26(16)18-11-13-25(14-12-18)30(28,29)19-7-5-4-6-8-19/h4-10,15,18H,11-14H2,1-3H3. The second kappa shape index (κ2) is 7.85. The molecule has 0 spiro atoms. The van der Waals surface area contributed by atoms with Gasteiger partial charge >= 0.3 is 0 Å². The Morgan fingerprint density at radius 2 is 1.73 bits per heavy atom. The molecular weight excluding hydrogens is 400 g/mol. The lowest BCUT2D eigenvalue weighted by atomic mass is 10.1. The molecular formula is C22H26N4O3S. The lowest BCUT2D eigenvalue weighted by Gasteiger charge is -2.32. The number of rotatable bonds is 4. The minimum atomic E-state index is -3.46. The van der Waals surface area contributed by atoms with Crippen molar-refractivity contribution in [3.8, 4) is 0 Å². The topological polar surface area (TPSA) is 75.5 Å². The molecule has 0 radical (unpaired) electrons. The summed E-state index contributed by atoms with van der Waals surface area (Å²) in [6, 6.07) is 14.4. The molecule has 4 rings (SSSR count). The maximum Gasteiger partial charge on any atom is 0.253 e. The number of hydrogen-bond donors (Lipinski definition) is 0. The molecule has 0 aliphatic carbocycles. The summed E-state index contributed by atoms with van der Waals surface area (Å²) in [5.74, 6) is 0.826. The number of amides is 1. The number of piperidine rings is 1. The van der Waals surface area contributed by atoms with Crippen molar-refractivity contribution in [3.63, 3.8) is 0 Å². The van der Waals surface area contributed by atoms with Crippen LogP contribution in [-0.2, 0) is 10.0 Å². The SMILES string of the molecule is Cc1nc2cc(C(=O)N(C)C)ccc2n1C1CCN(S(=O)(=O)c2ccccc2)CC1. The predicted octanol–water partition coefficient (Wildman–Crippen LogP) is 3.07. The largest absolute Gasteiger partial charge is 0.345 e. The van der Waals surface area contributed by atoms with Crippen LogP contribution in [0.1, 0.15) is 35.1 Å². The van der Waals surface area contributed by atoms with Gasteiger partial charge in [-0.05, 0) is 50.1 Å². The Morgan fingerprint density at radius 1 is 1.07 bits per heavy atom. The van der Waals surface area contributed by atoms with E-state index in [1.165, 1.54) is 0 Å². The molecule has 2 aromatic carbocycles. The minimum absolute atomic E-state index is 0.0523. The van der Waals surface area contributed by atoms with Crippen LogP contribution in [-0.4, -0.2) is 60.3 Å². The van der Waals surface area contributed by atoms with E-state index in [2.05, 4.69) is 9.55 Å². The van der Waals surface area contributed by atoms with Crippen LogP contribution in [0.2, 0.25) is 0 Å². The molecule has 1 saturated heterocycles. The number of carbonyl (C=O) groups excluding carboxylic acids is 1. The van der Waals surface area contributed by atoms with Crippen molar-refractivity contribution in [1.29, 1.82) is 0 Å². The van der Waals surface area contributed by atoms with Crippen molar-refractivity contribution >= 4 is 27.0 Å². The third kappa shape index (κ3) is 3.61. The fourth-order valence-corrected chi connectivity index (χ4v) is 5.64. The van der Waals surface area contributed by atoms with Crippen LogP contribution in [0, 0.1) is 6.92 Å². The van der Waals surface area contributed by atoms with E-state index in [4.69, 9.17) is 0 Å². The summed E-state index contributed by atoms with van der Waals surface area (Å²) >= 11 is 0. The Bertz CT molecular complexity index is 1180. The van der Waals surface area contributed by atoms with Crippen LogP contribution in [0.4, 0.5) is 0 Å². The molecule has 7 nitrogen and oxygen atoms in total. The zero-order valence-electron chi connectivity index (χ0n) is 17.4. The monoisotopic (exact) mass is 426 g/mol. The Morgan fingerprint density at radius 3 is 2.37 bits per heavy atom. The Labute approximate surface area is 177 Å². The summed E-state index contributed by atoms with van der Waals surface area (Å²) in [4.78, 5) is 18.8. The van der Waals surface area contributed by atoms with Crippen molar-refractivity contribution in [2.75, 3.05) is 27.2 Å². The van der Waals surface area contributed by atoms with Crippen LogP contribution in [0.25, 0.3) is 11.0 Å². The molecule has 1 amide bonds. The van der Waals surface area contributed by atoms with E-state index in [-0.39, 0.29) is 11.9 Å². The van der Waals surface area contributed by atoms with Crippen molar-refractivity contribution in [2.24, 2.45) is 0 Å². The zero-order chi connectivity index (χ0) is 21.5. The van der Waals surface area contributed by atoms with Crippen LogP contribution in [0.5, 0.6) is 0 Å². The van der Waals surface area contributed by atoms with Gasteiger partial charge in [-0.15, -0.1) is 0 Å². The maximum absolute atomic E-state index is 12.9. The van der Waals surface area contributed by atoms with Gasteiger partial charge in [0.25, 0.3) is 5.91 Å². The summed E-state index contributed by atoms with van der Waals surface area (Å²) in [6.45, 7) is 2.90. The summed E-state index contributed by atoms with van der Waals surface area (Å²) in [6.07, 6.45) is 1.44. The number of imidazole rings is 1. The van der Waals surface area contributed by atoms with E-state index in [0.717, 1.165) is 29.7 Å². The van der Waals surface area contributed by atoms with Gasteiger partial charge in [0.1, 0.15) is 5.82 Å². The fourth-order valence-electron chi connectivity index (χ4n) is 4.15. The van der Waals surface area contributed by atoms with Crippen LogP contribution in [0.15, 0.2) is 53.4 Å². The number of benzene rings is 2. The highest BCUT2D eigenvalue weighted by molar-refractivity contribution is 7.89. The smallest absolute Gasteiger partial charge is 0.253 e. The average Bonchev–Trinajstić information content (AvgIpc) is 3.08. The third-order valence-electron chi connectivity index (χ3n) is 5.69.